The van der Waals surface area contributed by atoms with Crippen molar-refractivity contribution in [3.05, 3.63) is 35.4 Å². The minimum atomic E-state index is -0.672. The molecule has 0 unspecified atom stereocenters. The lowest BCUT2D eigenvalue weighted by Gasteiger charge is -2.32. The molecule has 3 amide bonds. The van der Waals surface area contributed by atoms with Crippen LogP contribution in [0.4, 0.5) is 0 Å². The van der Waals surface area contributed by atoms with E-state index < -0.39 is 16.8 Å². The highest BCUT2D eigenvalue weighted by Crippen LogP contribution is 2.56. The lowest BCUT2D eigenvalue weighted by molar-refractivity contribution is -0.133. The van der Waals surface area contributed by atoms with Gasteiger partial charge in [-0.15, -0.1) is 11.8 Å². The molecule has 8 heteroatoms. The summed E-state index contributed by atoms with van der Waals surface area (Å²) in [5, 5.41) is 5.70. The summed E-state index contributed by atoms with van der Waals surface area (Å²) in [6.45, 7) is 8.96. The van der Waals surface area contributed by atoms with E-state index in [-0.39, 0.29) is 35.1 Å². The van der Waals surface area contributed by atoms with Crippen molar-refractivity contribution >= 4 is 29.5 Å². The molecule has 0 saturated carbocycles. The first-order chi connectivity index (χ1) is 14.7. The lowest BCUT2D eigenvalue weighted by Crippen LogP contribution is -2.58. The molecule has 2 fully saturated rings. The van der Waals surface area contributed by atoms with Gasteiger partial charge >= 0.3 is 0 Å². The number of fused-ring (bicyclic) bond motifs is 3. The maximum Gasteiger partial charge on any atom is 0.256 e. The Morgan fingerprint density at radius 2 is 2.03 bits per heavy atom. The van der Waals surface area contributed by atoms with Gasteiger partial charge in [-0.25, -0.2) is 0 Å². The first kappa shape index (κ1) is 22.1. The fourth-order valence-corrected chi connectivity index (χ4v) is 6.29. The molecule has 0 spiro atoms. The maximum atomic E-state index is 13.5. The van der Waals surface area contributed by atoms with Crippen LogP contribution in [0.2, 0.25) is 0 Å². The molecule has 2 saturated heterocycles. The standard InChI is InChI=1S/C23H31N3O4S/c1-13(2)17(19(27)24-12-14-8-7-11-30-14)25-20(28)18-23(3,4)31-22-16-10-6-5-9-15(16)21(29)26(18)22/h5-6,9-10,13-14,17-18,22H,7-8,11-12H2,1-4H3,(H,24,27)(H,25,28)/t14-,17+,18-,22-/m1/s1. The molecule has 0 bridgehead atoms. The van der Waals surface area contributed by atoms with Gasteiger partial charge < -0.3 is 20.3 Å². The molecule has 0 radical (unpaired) electrons. The van der Waals surface area contributed by atoms with Gasteiger partial charge in [0.2, 0.25) is 11.8 Å². The summed E-state index contributed by atoms with van der Waals surface area (Å²) >= 11 is 1.62. The number of amides is 3. The van der Waals surface area contributed by atoms with Gasteiger partial charge in [0.25, 0.3) is 5.91 Å². The van der Waals surface area contributed by atoms with Crippen LogP contribution in [0.15, 0.2) is 24.3 Å². The van der Waals surface area contributed by atoms with E-state index in [1.54, 1.807) is 16.7 Å². The number of ether oxygens (including phenoxy) is 1. The summed E-state index contributed by atoms with van der Waals surface area (Å²) in [6, 6.07) is 6.20. The Morgan fingerprint density at radius 1 is 1.29 bits per heavy atom. The van der Waals surface area contributed by atoms with E-state index in [0.29, 0.717) is 12.1 Å². The molecule has 3 heterocycles. The summed E-state index contributed by atoms with van der Waals surface area (Å²) in [5.41, 5.74) is 1.61. The van der Waals surface area contributed by atoms with Crippen molar-refractivity contribution in [1.29, 1.82) is 0 Å². The summed E-state index contributed by atoms with van der Waals surface area (Å²) in [7, 11) is 0. The van der Waals surface area contributed by atoms with Crippen molar-refractivity contribution in [2.45, 2.75) is 68.8 Å². The first-order valence-corrected chi connectivity index (χ1v) is 11.9. The average Bonchev–Trinajstić information content (AvgIpc) is 3.40. The zero-order valence-corrected chi connectivity index (χ0v) is 19.3. The Balaban J connectivity index is 1.49. The van der Waals surface area contributed by atoms with Crippen molar-refractivity contribution < 1.29 is 19.1 Å². The van der Waals surface area contributed by atoms with E-state index in [2.05, 4.69) is 10.6 Å². The predicted molar refractivity (Wildman–Crippen MR) is 120 cm³/mol. The molecule has 2 N–H and O–H groups in total. The van der Waals surface area contributed by atoms with Crippen molar-refractivity contribution in [2.24, 2.45) is 5.92 Å². The van der Waals surface area contributed by atoms with Crippen LogP contribution in [0.3, 0.4) is 0 Å². The highest BCUT2D eigenvalue weighted by Gasteiger charge is 2.57. The van der Waals surface area contributed by atoms with Gasteiger partial charge in [0, 0.05) is 23.5 Å². The highest BCUT2D eigenvalue weighted by molar-refractivity contribution is 8.01. The smallest absolute Gasteiger partial charge is 0.256 e. The van der Waals surface area contributed by atoms with Crippen molar-refractivity contribution in [2.75, 3.05) is 13.2 Å². The number of nitrogens with zero attached hydrogens (tertiary/aromatic N) is 1. The zero-order valence-electron chi connectivity index (χ0n) is 18.5. The third-order valence-corrected chi connectivity index (χ3v) is 7.85. The molecule has 1 aromatic carbocycles. The van der Waals surface area contributed by atoms with E-state index >= 15 is 0 Å². The Kier molecular flexibility index (Phi) is 6.05. The van der Waals surface area contributed by atoms with Crippen LogP contribution < -0.4 is 10.6 Å². The van der Waals surface area contributed by atoms with Crippen LogP contribution in [0.25, 0.3) is 0 Å². The van der Waals surface area contributed by atoms with Crippen LogP contribution in [-0.2, 0) is 14.3 Å². The first-order valence-electron chi connectivity index (χ1n) is 11.0. The van der Waals surface area contributed by atoms with Gasteiger partial charge in [-0.05, 0) is 44.2 Å². The third kappa shape index (κ3) is 4.07. The van der Waals surface area contributed by atoms with Crippen molar-refractivity contribution in [1.82, 2.24) is 15.5 Å². The number of benzene rings is 1. The Labute approximate surface area is 187 Å². The number of carbonyl (C=O) groups excluding carboxylic acids is 3. The number of carbonyl (C=O) groups is 3. The molecule has 4 rings (SSSR count). The fraction of sp³-hybridized carbons (Fsp3) is 0.609. The second kappa shape index (κ2) is 8.47. The van der Waals surface area contributed by atoms with E-state index in [4.69, 9.17) is 4.74 Å². The Hall–Kier alpha value is -2.06. The number of nitrogens with one attached hydrogen (secondary N) is 2. The van der Waals surface area contributed by atoms with Gasteiger partial charge in [-0.2, -0.15) is 0 Å². The molecule has 31 heavy (non-hydrogen) atoms. The van der Waals surface area contributed by atoms with Gasteiger partial charge in [-0.3, -0.25) is 14.4 Å². The monoisotopic (exact) mass is 445 g/mol. The van der Waals surface area contributed by atoms with Crippen LogP contribution >= 0.6 is 11.8 Å². The predicted octanol–water partition coefficient (Wildman–Crippen LogP) is 2.47. The fourth-order valence-electron chi connectivity index (χ4n) is 4.70. The second-order valence-electron chi connectivity index (χ2n) is 9.39. The largest absolute Gasteiger partial charge is 0.376 e. The molecular formula is C23H31N3O4S. The van der Waals surface area contributed by atoms with Gasteiger partial charge in [0.15, 0.2) is 0 Å². The normalized spacial score (nSPS) is 27.2. The Morgan fingerprint density at radius 3 is 2.71 bits per heavy atom. The molecule has 0 aromatic heterocycles. The summed E-state index contributed by atoms with van der Waals surface area (Å²) in [4.78, 5) is 41.1. The topological polar surface area (TPSA) is 87.7 Å². The van der Waals surface area contributed by atoms with Crippen LogP contribution in [0.1, 0.15) is 61.8 Å². The van der Waals surface area contributed by atoms with Gasteiger partial charge in [-0.1, -0.05) is 32.0 Å². The molecule has 3 aliphatic rings. The van der Waals surface area contributed by atoms with Crippen LogP contribution in [0.5, 0.6) is 0 Å². The zero-order chi connectivity index (χ0) is 22.3. The minimum Gasteiger partial charge on any atom is -0.376 e. The number of rotatable bonds is 6. The minimum absolute atomic E-state index is 0.0408. The third-order valence-electron chi connectivity index (χ3n) is 6.32. The van der Waals surface area contributed by atoms with E-state index in [1.807, 2.05) is 52.0 Å². The molecule has 0 aliphatic carbocycles. The van der Waals surface area contributed by atoms with Gasteiger partial charge in [0.05, 0.1) is 6.10 Å². The van der Waals surface area contributed by atoms with Crippen molar-refractivity contribution in [3.8, 4) is 0 Å². The summed E-state index contributed by atoms with van der Waals surface area (Å²) in [6.07, 6.45) is 1.98. The van der Waals surface area contributed by atoms with Crippen LogP contribution in [0, 0.1) is 5.92 Å². The SMILES string of the molecule is CC(C)[C@H](NC(=O)[C@H]1N2C(=O)c3ccccc3[C@H]2SC1(C)C)C(=O)NC[C@H]1CCCO1. The number of hydrogen-bond donors (Lipinski definition) is 2. The quantitative estimate of drug-likeness (QED) is 0.702. The van der Waals surface area contributed by atoms with Crippen LogP contribution in [-0.4, -0.2) is 58.7 Å². The molecular weight excluding hydrogens is 414 g/mol. The molecule has 7 nitrogen and oxygen atoms in total. The van der Waals surface area contributed by atoms with E-state index in [0.717, 1.165) is 25.0 Å². The molecule has 3 aliphatic heterocycles. The van der Waals surface area contributed by atoms with E-state index in [9.17, 15) is 14.4 Å². The average molecular weight is 446 g/mol. The maximum absolute atomic E-state index is 13.5. The summed E-state index contributed by atoms with van der Waals surface area (Å²) in [5.74, 6) is -0.711. The summed E-state index contributed by atoms with van der Waals surface area (Å²) < 4.78 is 5.10. The highest BCUT2D eigenvalue weighted by atomic mass is 32.2. The molecule has 168 valence electrons. The lowest BCUT2D eigenvalue weighted by atomic mass is 9.98. The number of thioether (sulfide) groups is 1. The van der Waals surface area contributed by atoms with E-state index in [1.165, 1.54) is 0 Å². The Bertz CT molecular complexity index is 881. The number of hydrogen-bond acceptors (Lipinski definition) is 5. The van der Waals surface area contributed by atoms with Gasteiger partial charge in [0.1, 0.15) is 17.5 Å². The van der Waals surface area contributed by atoms with Crippen molar-refractivity contribution in [3.63, 3.8) is 0 Å². The second-order valence-corrected chi connectivity index (χ2v) is 11.1. The molecule has 4 atom stereocenters. The molecule has 1 aromatic rings.